The van der Waals surface area contributed by atoms with E-state index in [2.05, 4.69) is 5.32 Å². The molecule has 5 heteroatoms. The van der Waals surface area contributed by atoms with Crippen molar-refractivity contribution in [1.82, 2.24) is 5.32 Å². The molecule has 0 heterocycles. The molecule has 0 bridgehead atoms. The summed E-state index contributed by atoms with van der Waals surface area (Å²) in [5.74, 6) is -1.37. The first-order chi connectivity index (χ1) is 7.52. The maximum atomic E-state index is 11.5. The van der Waals surface area contributed by atoms with Crippen molar-refractivity contribution in [3.05, 3.63) is 0 Å². The lowest BCUT2D eigenvalue weighted by atomic mass is 10.1. The second-order valence-corrected chi connectivity index (χ2v) is 3.94. The van der Waals surface area contributed by atoms with Crippen LogP contribution in [-0.2, 0) is 9.59 Å². The Morgan fingerprint density at radius 1 is 1.25 bits per heavy atom. The molecule has 0 aromatic heterocycles. The summed E-state index contributed by atoms with van der Waals surface area (Å²) in [6.07, 6.45) is 3.59. The van der Waals surface area contributed by atoms with Crippen LogP contribution >= 0.6 is 0 Å². The largest absolute Gasteiger partial charge is 0.480 e. The van der Waals surface area contributed by atoms with E-state index in [-0.39, 0.29) is 5.91 Å². The number of carboxylic acid groups (broad SMARTS) is 1. The summed E-state index contributed by atoms with van der Waals surface area (Å²) in [7, 11) is 0. The lowest BCUT2D eigenvalue weighted by Gasteiger charge is -2.17. The summed E-state index contributed by atoms with van der Waals surface area (Å²) in [4.78, 5) is 22.3. The van der Waals surface area contributed by atoms with Crippen LogP contribution in [0.1, 0.15) is 46.0 Å². The van der Waals surface area contributed by atoms with Crippen LogP contribution in [0.25, 0.3) is 0 Å². The van der Waals surface area contributed by atoms with Crippen LogP contribution in [0.2, 0.25) is 0 Å². The van der Waals surface area contributed by atoms with Gasteiger partial charge in [-0.2, -0.15) is 0 Å². The standard InChI is InChI=1S/C11H22N2O3/c1-3-5-7-8(12)10(14)13-9(6-4-2)11(15)16/h8-9H,3-7,12H2,1-2H3,(H,13,14)(H,15,16)/t8-,9?/m0/s1. The molecule has 0 rings (SSSR count). The lowest BCUT2D eigenvalue weighted by molar-refractivity contribution is -0.142. The Balaban J connectivity index is 4.12. The van der Waals surface area contributed by atoms with Gasteiger partial charge in [-0.15, -0.1) is 0 Å². The number of hydrogen-bond donors (Lipinski definition) is 3. The van der Waals surface area contributed by atoms with Crippen LogP contribution in [0.3, 0.4) is 0 Å². The third-order valence-corrected chi connectivity index (χ3v) is 2.40. The number of rotatable bonds is 8. The fourth-order valence-corrected chi connectivity index (χ4v) is 1.38. The fourth-order valence-electron chi connectivity index (χ4n) is 1.38. The number of carbonyl (C=O) groups excluding carboxylic acids is 1. The zero-order valence-corrected chi connectivity index (χ0v) is 10.0. The smallest absolute Gasteiger partial charge is 0.326 e. The third-order valence-electron chi connectivity index (χ3n) is 2.40. The van der Waals surface area contributed by atoms with Crippen LogP contribution < -0.4 is 11.1 Å². The van der Waals surface area contributed by atoms with Crippen molar-refractivity contribution in [2.45, 2.75) is 58.0 Å². The minimum atomic E-state index is -1.00. The van der Waals surface area contributed by atoms with Crippen LogP contribution in [0.5, 0.6) is 0 Å². The summed E-state index contributed by atoms with van der Waals surface area (Å²) in [5.41, 5.74) is 5.64. The molecule has 0 saturated heterocycles. The Labute approximate surface area is 96.4 Å². The van der Waals surface area contributed by atoms with Crippen molar-refractivity contribution in [1.29, 1.82) is 0 Å². The number of hydrogen-bond acceptors (Lipinski definition) is 3. The van der Waals surface area contributed by atoms with Gasteiger partial charge in [-0.05, 0) is 12.8 Å². The minimum Gasteiger partial charge on any atom is -0.480 e. The second-order valence-electron chi connectivity index (χ2n) is 3.94. The van der Waals surface area contributed by atoms with E-state index in [4.69, 9.17) is 10.8 Å². The molecule has 5 nitrogen and oxygen atoms in total. The summed E-state index contributed by atoms with van der Waals surface area (Å²) in [6.45, 7) is 3.89. The van der Waals surface area contributed by atoms with Crippen LogP contribution in [0, 0.1) is 0 Å². The number of carbonyl (C=O) groups is 2. The summed E-state index contributed by atoms with van der Waals surface area (Å²) < 4.78 is 0. The van der Waals surface area contributed by atoms with Gasteiger partial charge in [0, 0.05) is 0 Å². The second kappa shape index (κ2) is 8.10. The van der Waals surface area contributed by atoms with Gasteiger partial charge in [0.05, 0.1) is 6.04 Å². The maximum Gasteiger partial charge on any atom is 0.326 e. The van der Waals surface area contributed by atoms with Gasteiger partial charge < -0.3 is 16.2 Å². The van der Waals surface area contributed by atoms with Crippen molar-refractivity contribution in [2.75, 3.05) is 0 Å². The van der Waals surface area contributed by atoms with Crippen molar-refractivity contribution in [2.24, 2.45) is 5.73 Å². The third kappa shape index (κ3) is 5.70. The van der Waals surface area contributed by atoms with Gasteiger partial charge in [-0.3, -0.25) is 4.79 Å². The summed E-state index contributed by atoms with van der Waals surface area (Å²) >= 11 is 0. The van der Waals surface area contributed by atoms with E-state index in [1.54, 1.807) is 0 Å². The topological polar surface area (TPSA) is 92.4 Å². The molecule has 0 aliphatic rings. The van der Waals surface area contributed by atoms with E-state index in [1.807, 2.05) is 13.8 Å². The molecule has 0 saturated carbocycles. The van der Waals surface area contributed by atoms with Gasteiger partial charge in [-0.25, -0.2) is 4.79 Å². The normalized spacial score (nSPS) is 14.2. The Bertz CT molecular complexity index is 231. The highest BCUT2D eigenvalue weighted by Crippen LogP contribution is 2.01. The monoisotopic (exact) mass is 230 g/mol. The van der Waals surface area contributed by atoms with Crippen LogP contribution in [0.15, 0.2) is 0 Å². The first kappa shape index (κ1) is 14.9. The van der Waals surface area contributed by atoms with Crippen LogP contribution in [-0.4, -0.2) is 29.1 Å². The molecule has 16 heavy (non-hydrogen) atoms. The average molecular weight is 230 g/mol. The highest BCUT2D eigenvalue weighted by Gasteiger charge is 2.21. The zero-order valence-electron chi connectivity index (χ0n) is 10.0. The van der Waals surface area contributed by atoms with E-state index in [9.17, 15) is 9.59 Å². The molecule has 0 spiro atoms. The summed E-state index contributed by atoms with van der Waals surface area (Å²) in [6, 6.07) is -1.41. The number of aliphatic carboxylic acids is 1. The van der Waals surface area contributed by atoms with Crippen molar-refractivity contribution in [3.63, 3.8) is 0 Å². The SMILES string of the molecule is CCCC[C@H](N)C(=O)NC(CCC)C(=O)O. The van der Waals surface area contributed by atoms with E-state index in [0.29, 0.717) is 19.3 Å². The van der Waals surface area contributed by atoms with Gasteiger partial charge in [0.15, 0.2) is 0 Å². The number of unbranched alkanes of at least 4 members (excludes halogenated alkanes) is 1. The fraction of sp³-hybridized carbons (Fsp3) is 0.818. The molecule has 2 atom stereocenters. The van der Waals surface area contributed by atoms with Gasteiger partial charge in [0.25, 0.3) is 0 Å². The predicted molar refractivity (Wildman–Crippen MR) is 62.0 cm³/mol. The Hall–Kier alpha value is -1.10. The molecule has 4 N–H and O–H groups in total. The summed E-state index contributed by atoms with van der Waals surface area (Å²) in [5, 5.41) is 11.3. The number of carboxylic acids is 1. The van der Waals surface area contributed by atoms with E-state index in [1.165, 1.54) is 0 Å². The molecule has 0 aliphatic heterocycles. The molecular formula is C11H22N2O3. The van der Waals surface area contributed by atoms with Crippen molar-refractivity contribution < 1.29 is 14.7 Å². The van der Waals surface area contributed by atoms with Crippen LogP contribution in [0.4, 0.5) is 0 Å². The zero-order chi connectivity index (χ0) is 12.6. The quantitative estimate of drug-likeness (QED) is 0.577. The number of nitrogens with two attached hydrogens (primary N) is 1. The molecular weight excluding hydrogens is 208 g/mol. The van der Waals surface area contributed by atoms with E-state index < -0.39 is 18.1 Å². The van der Waals surface area contributed by atoms with Crippen molar-refractivity contribution >= 4 is 11.9 Å². The highest BCUT2D eigenvalue weighted by atomic mass is 16.4. The van der Waals surface area contributed by atoms with E-state index >= 15 is 0 Å². The van der Waals surface area contributed by atoms with Crippen molar-refractivity contribution in [3.8, 4) is 0 Å². The van der Waals surface area contributed by atoms with E-state index in [0.717, 1.165) is 12.8 Å². The molecule has 1 amide bonds. The Morgan fingerprint density at radius 2 is 1.88 bits per heavy atom. The highest BCUT2D eigenvalue weighted by molar-refractivity contribution is 5.86. The molecule has 0 radical (unpaired) electrons. The predicted octanol–water partition coefficient (Wildman–Crippen LogP) is 0.873. The van der Waals surface area contributed by atoms with Gasteiger partial charge in [0.1, 0.15) is 6.04 Å². The Kier molecular flexibility index (Phi) is 7.54. The molecule has 0 aliphatic carbocycles. The molecule has 94 valence electrons. The molecule has 1 unspecified atom stereocenters. The first-order valence-electron chi connectivity index (χ1n) is 5.81. The average Bonchev–Trinajstić information content (AvgIpc) is 2.24. The Morgan fingerprint density at radius 3 is 2.31 bits per heavy atom. The first-order valence-corrected chi connectivity index (χ1v) is 5.81. The molecule has 0 aromatic rings. The number of nitrogens with one attached hydrogen (secondary N) is 1. The lowest BCUT2D eigenvalue weighted by Crippen LogP contribution is -2.48. The molecule has 0 fully saturated rings. The number of amides is 1. The minimum absolute atomic E-state index is 0.366. The molecule has 0 aromatic carbocycles. The van der Waals surface area contributed by atoms with Gasteiger partial charge in [-0.1, -0.05) is 33.1 Å². The maximum absolute atomic E-state index is 11.5. The van der Waals surface area contributed by atoms with Gasteiger partial charge >= 0.3 is 5.97 Å². The van der Waals surface area contributed by atoms with Gasteiger partial charge in [0.2, 0.25) is 5.91 Å².